The molecule has 1 unspecified atom stereocenters. The Balaban J connectivity index is 1.67. The molecule has 24 heavy (non-hydrogen) atoms. The van der Waals surface area contributed by atoms with Crippen molar-refractivity contribution in [1.82, 2.24) is 15.3 Å². The lowest BCUT2D eigenvalue weighted by Crippen LogP contribution is -2.38. The monoisotopic (exact) mass is 322 g/mol. The van der Waals surface area contributed by atoms with Crippen LogP contribution in [0.5, 0.6) is 0 Å². The highest BCUT2D eigenvalue weighted by molar-refractivity contribution is 5.84. The van der Waals surface area contributed by atoms with E-state index in [1.807, 2.05) is 36.4 Å². The largest absolute Gasteiger partial charge is 0.350 e. The molecule has 0 bridgehead atoms. The molecule has 1 atom stereocenters. The van der Waals surface area contributed by atoms with E-state index in [0.717, 1.165) is 5.56 Å². The topological polar surface area (TPSA) is 86.9 Å². The Labute approximate surface area is 138 Å². The summed E-state index contributed by atoms with van der Waals surface area (Å²) in [6.45, 7) is 2.17. The van der Waals surface area contributed by atoms with Gasteiger partial charge in [-0.3, -0.25) is 14.6 Å². The number of H-pyrrole nitrogens is 1. The van der Waals surface area contributed by atoms with Crippen molar-refractivity contribution in [2.75, 3.05) is 5.32 Å². The maximum absolute atomic E-state index is 12.2. The first-order valence-corrected chi connectivity index (χ1v) is 7.71. The number of hydrogen-bond acceptors (Lipinski definition) is 4. The fraction of sp³-hybridized carbons (Fsp3) is 0.167. The molecular weight excluding hydrogens is 304 g/mol. The van der Waals surface area contributed by atoms with Crippen molar-refractivity contribution >= 4 is 22.8 Å². The Morgan fingerprint density at radius 3 is 2.62 bits per heavy atom. The number of anilines is 1. The van der Waals surface area contributed by atoms with E-state index in [2.05, 4.69) is 20.6 Å². The van der Waals surface area contributed by atoms with E-state index in [0.29, 0.717) is 17.4 Å². The van der Waals surface area contributed by atoms with Crippen molar-refractivity contribution in [1.29, 1.82) is 0 Å². The molecule has 2 aromatic carbocycles. The van der Waals surface area contributed by atoms with Crippen LogP contribution in [0.15, 0.2) is 59.4 Å². The average Bonchev–Trinajstić information content (AvgIpc) is 2.60. The van der Waals surface area contributed by atoms with Crippen LogP contribution in [0.25, 0.3) is 10.9 Å². The molecule has 3 rings (SSSR count). The summed E-state index contributed by atoms with van der Waals surface area (Å²) < 4.78 is 0. The second kappa shape index (κ2) is 6.95. The maximum Gasteiger partial charge on any atom is 0.260 e. The minimum atomic E-state index is -0.530. The van der Waals surface area contributed by atoms with Gasteiger partial charge in [0, 0.05) is 6.54 Å². The molecule has 0 fully saturated rings. The number of benzene rings is 2. The predicted molar refractivity (Wildman–Crippen MR) is 93.7 cm³/mol. The van der Waals surface area contributed by atoms with Gasteiger partial charge in [0.25, 0.3) is 5.56 Å². The maximum atomic E-state index is 12.2. The molecule has 6 nitrogen and oxygen atoms in total. The number of hydrogen-bond donors (Lipinski definition) is 3. The number of carbonyl (C=O) groups is 1. The van der Waals surface area contributed by atoms with Crippen LogP contribution in [0.2, 0.25) is 0 Å². The van der Waals surface area contributed by atoms with Gasteiger partial charge in [-0.25, -0.2) is 4.98 Å². The van der Waals surface area contributed by atoms with Crippen molar-refractivity contribution in [3.05, 3.63) is 70.5 Å². The number of aromatic nitrogens is 2. The highest BCUT2D eigenvalue weighted by Gasteiger charge is 2.14. The van der Waals surface area contributed by atoms with Crippen LogP contribution in [0, 0.1) is 0 Å². The minimum Gasteiger partial charge on any atom is -0.350 e. The van der Waals surface area contributed by atoms with Crippen LogP contribution in [0.3, 0.4) is 0 Å². The number of aromatic amines is 1. The van der Waals surface area contributed by atoms with Gasteiger partial charge in [0.05, 0.1) is 10.9 Å². The Morgan fingerprint density at radius 2 is 1.83 bits per heavy atom. The van der Waals surface area contributed by atoms with Gasteiger partial charge >= 0.3 is 0 Å². The van der Waals surface area contributed by atoms with Crippen molar-refractivity contribution in [3.63, 3.8) is 0 Å². The first-order valence-electron chi connectivity index (χ1n) is 7.71. The molecule has 0 saturated heterocycles. The highest BCUT2D eigenvalue weighted by atomic mass is 16.2. The molecular formula is C18H18N4O2. The molecule has 0 radical (unpaired) electrons. The fourth-order valence-corrected chi connectivity index (χ4v) is 2.36. The normalized spacial score (nSPS) is 11.9. The van der Waals surface area contributed by atoms with Crippen LogP contribution in [-0.2, 0) is 11.3 Å². The number of nitrogens with zero attached hydrogens (tertiary/aromatic N) is 1. The van der Waals surface area contributed by atoms with E-state index in [1.165, 1.54) is 0 Å². The van der Waals surface area contributed by atoms with E-state index in [-0.39, 0.29) is 17.4 Å². The number of carbonyl (C=O) groups excluding carboxylic acids is 1. The van der Waals surface area contributed by atoms with E-state index in [9.17, 15) is 9.59 Å². The Morgan fingerprint density at radius 1 is 1.12 bits per heavy atom. The number of amides is 1. The van der Waals surface area contributed by atoms with Gasteiger partial charge in [-0.1, -0.05) is 42.5 Å². The second-order valence-corrected chi connectivity index (χ2v) is 5.50. The molecule has 122 valence electrons. The van der Waals surface area contributed by atoms with Crippen LogP contribution in [0.4, 0.5) is 5.95 Å². The third-order valence-electron chi connectivity index (χ3n) is 3.67. The fourth-order valence-electron chi connectivity index (χ4n) is 2.36. The summed E-state index contributed by atoms with van der Waals surface area (Å²) in [5.74, 6) is 0.107. The summed E-state index contributed by atoms with van der Waals surface area (Å²) in [5, 5.41) is 6.30. The lowest BCUT2D eigenvalue weighted by molar-refractivity contribution is -0.121. The molecule has 1 heterocycles. The van der Waals surface area contributed by atoms with Crippen molar-refractivity contribution < 1.29 is 4.79 Å². The molecule has 3 aromatic rings. The van der Waals surface area contributed by atoms with Gasteiger partial charge in [0.1, 0.15) is 6.04 Å². The molecule has 0 saturated carbocycles. The zero-order chi connectivity index (χ0) is 16.9. The van der Waals surface area contributed by atoms with Gasteiger partial charge < -0.3 is 10.6 Å². The zero-order valence-corrected chi connectivity index (χ0v) is 13.2. The molecule has 0 spiro atoms. The smallest absolute Gasteiger partial charge is 0.260 e. The summed E-state index contributed by atoms with van der Waals surface area (Å²) in [6, 6.07) is 16.2. The molecule has 6 heteroatoms. The van der Waals surface area contributed by atoms with E-state index >= 15 is 0 Å². The first-order chi connectivity index (χ1) is 11.6. The van der Waals surface area contributed by atoms with Crippen molar-refractivity contribution in [3.8, 4) is 0 Å². The Kier molecular flexibility index (Phi) is 4.56. The summed E-state index contributed by atoms with van der Waals surface area (Å²) in [4.78, 5) is 31.2. The summed E-state index contributed by atoms with van der Waals surface area (Å²) >= 11 is 0. The number of para-hydroxylation sites is 1. The third kappa shape index (κ3) is 3.60. The number of fused-ring (bicyclic) bond motifs is 1. The van der Waals surface area contributed by atoms with Gasteiger partial charge in [-0.15, -0.1) is 0 Å². The van der Waals surface area contributed by atoms with Gasteiger partial charge in [0.2, 0.25) is 11.9 Å². The van der Waals surface area contributed by atoms with E-state index in [4.69, 9.17) is 0 Å². The molecule has 1 aromatic heterocycles. The van der Waals surface area contributed by atoms with Crippen LogP contribution < -0.4 is 16.2 Å². The van der Waals surface area contributed by atoms with Crippen molar-refractivity contribution in [2.24, 2.45) is 0 Å². The van der Waals surface area contributed by atoms with Crippen LogP contribution in [0.1, 0.15) is 12.5 Å². The Hall–Kier alpha value is -3.15. The van der Waals surface area contributed by atoms with E-state index < -0.39 is 6.04 Å². The van der Waals surface area contributed by atoms with Crippen LogP contribution in [-0.4, -0.2) is 21.9 Å². The lowest BCUT2D eigenvalue weighted by Gasteiger charge is -2.14. The second-order valence-electron chi connectivity index (χ2n) is 5.50. The lowest BCUT2D eigenvalue weighted by atomic mass is 10.2. The molecule has 3 N–H and O–H groups in total. The van der Waals surface area contributed by atoms with Gasteiger partial charge in [-0.05, 0) is 24.6 Å². The van der Waals surface area contributed by atoms with Crippen molar-refractivity contribution in [2.45, 2.75) is 19.5 Å². The van der Waals surface area contributed by atoms with Gasteiger partial charge in [-0.2, -0.15) is 0 Å². The summed E-state index contributed by atoms with van der Waals surface area (Å²) in [5.41, 5.74) is 1.37. The molecule has 0 aliphatic heterocycles. The van der Waals surface area contributed by atoms with Crippen LogP contribution >= 0.6 is 0 Å². The Bertz CT molecular complexity index is 906. The number of nitrogens with one attached hydrogen (secondary N) is 3. The average molecular weight is 322 g/mol. The predicted octanol–water partition coefficient (Wildman–Crippen LogP) is 2.04. The zero-order valence-electron chi connectivity index (χ0n) is 13.2. The molecule has 0 aliphatic rings. The van der Waals surface area contributed by atoms with E-state index in [1.54, 1.807) is 25.1 Å². The first kappa shape index (κ1) is 15.7. The minimum absolute atomic E-state index is 0.172. The third-order valence-corrected chi connectivity index (χ3v) is 3.67. The summed E-state index contributed by atoms with van der Waals surface area (Å²) in [7, 11) is 0. The van der Waals surface area contributed by atoms with Gasteiger partial charge in [0.15, 0.2) is 0 Å². The summed E-state index contributed by atoms with van der Waals surface area (Å²) in [6.07, 6.45) is 0. The molecule has 1 amide bonds. The standard InChI is InChI=1S/C18H18N4O2/c1-12(16(23)19-11-13-7-3-2-4-8-13)20-18-21-15-10-6-5-9-14(15)17(24)22-18/h2-10,12H,11H2,1H3,(H,19,23)(H2,20,21,22,24). The SMILES string of the molecule is CC(Nc1nc2ccccc2c(=O)[nH]1)C(=O)NCc1ccccc1. The number of rotatable bonds is 5. The quantitative estimate of drug-likeness (QED) is 0.671. The highest BCUT2D eigenvalue weighted by Crippen LogP contribution is 2.08. The molecule has 0 aliphatic carbocycles.